The fourth-order valence-electron chi connectivity index (χ4n) is 0.480. The lowest BCUT2D eigenvalue weighted by atomic mass is 10.2. The summed E-state index contributed by atoms with van der Waals surface area (Å²) < 4.78 is 0. The SMILES string of the molecule is CC(=O)C(NC(N)=O)C(=O)S. The van der Waals surface area contributed by atoms with Gasteiger partial charge in [0.15, 0.2) is 11.8 Å². The third kappa shape index (κ3) is 3.61. The van der Waals surface area contributed by atoms with E-state index in [1.165, 1.54) is 0 Å². The molecule has 11 heavy (non-hydrogen) atoms. The number of primary amides is 1. The van der Waals surface area contributed by atoms with Crippen LogP contribution >= 0.6 is 12.6 Å². The zero-order chi connectivity index (χ0) is 9.02. The molecule has 0 radical (unpaired) electrons. The van der Waals surface area contributed by atoms with Crippen LogP contribution in [0.25, 0.3) is 0 Å². The van der Waals surface area contributed by atoms with Gasteiger partial charge in [-0.1, -0.05) is 0 Å². The van der Waals surface area contributed by atoms with Gasteiger partial charge in [0.05, 0.1) is 0 Å². The van der Waals surface area contributed by atoms with E-state index in [-0.39, 0.29) is 0 Å². The first-order valence-electron chi connectivity index (χ1n) is 2.74. The molecule has 0 saturated carbocycles. The van der Waals surface area contributed by atoms with Crippen molar-refractivity contribution >= 4 is 29.6 Å². The summed E-state index contributed by atoms with van der Waals surface area (Å²) in [6, 6.07) is -2.15. The van der Waals surface area contributed by atoms with Crippen LogP contribution in [-0.2, 0) is 9.59 Å². The largest absolute Gasteiger partial charge is 0.352 e. The molecular formula is C5H8N2O3S. The Balaban J connectivity index is 4.23. The average molecular weight is 176 g/mol. The lowest BCUT2D eigenvalue weighted by molar-refractivity contribution is -0.124. The van der Waals surface area contributed by atoms with Crippen LogP contribution in [0.3, 0.4) is 0 Å². The van der Waals surface area contributed by atoms with E-state index < -0.39 is 23.0 Å². The molecule has 2 amide bonds. The van der Waals surface area contributed by atoms with Crippen LogP contribution in [0.4, 0.5) is 4.79 Å². The lowest BCUT2D eigenvalue weighted by Crippen LogP contribution is -2.46. The number of thiol groups is 1. The maximum absolute atomic E-state index is 10.6. The van der Waals surface area contributed by atoms with Crippen LogP contribution in [0.5, 0.6) is 0 Å². The maximum atomic E-state index is 10.6. The Morgan fingerprint density at radius 3 is 2.00 bits per heavy atom. The number of Topliss-reactive ketones (excluding diaryl/α,β-unsaturated/α-hetero) is 1. The molecule has 0 fully saturated rings. The highest BCUT2D eigenvalue weighted by Gasteiger charge is 2.20. The summed E-state index contributed by atoms with van der Waals surface area (Å²) in [5.41, 5.74) is 4.68. The van der Waals surface area contributed by atoms with E-state index >= 15 is 0 Å². The van der Waals surface area contributed by atoms with E-state index in [1.807, 2.05) is 5.32 Å². The van der Waals surface area contributed by atoms with Gasteiger partial charge in [0.2, 0.25) is 5.12 Å². The summed E-state index contributed by atoms with van der Waals surface area (Å²) >= 11 is 3.38. The van der Waals surface area contributed by atoms with Crippen molar-refractivity contribution in [2.75, 3.05) is 0 Å². The highest BCUT2D eigenvalue weighted by molar-refractivity contribution is 7.96. The number of hydrogen-bond acceptors (Lipinski definition) is 3. The molecule has 6 heteroatoms. The van der Waals surface area contributed by atoms with Crippen molar-refractivity contribution in [1.29, 1.82) is 0 Å². The molecule has 0 aliphatic heterocycles. The van der Waals surface area contributed by atoms with Gasteiger partial charge < -0.3 is 11.1 Å². The molecule has 0 heterocycles. The summed E-state index contributed by atoms with van der Waals surface area (Å²) in [6.45, 7) is 1.16. The van der Waals surface area contributed by atoms with Crippen molar-refractivity contribution in [2.45, 2.75) is 13.0 Å². The monoisotopic (exact) mass is 176 g/mol. The molecule has 0 aromatic heterocycles. The summed E-state index contributed by atoms with van der Waals surface area (Å²) in [6.07, 6.45) is 0. The third-order valence-electron chi connectivity index (χ3n) is 0.940. The minimum atomic E-state index is -1.23. The standard InChI is InChI=1S/C5H8N2O3S/c1-2(8)3(4(9)11)7-5(6)10/h3H,1H3,(H,9,11)(H3,6,7,10). The van der Waals surface area contributed by atoms with Crippen LogP contribution in [0.2, 0.25) is 0 Å². The first kappa shape index (κ1) is 9.96. The Kier molecular flexibility index (Phi) is 3.59. The number of carbonyl (C=O) groups excluding carboxylic acids is 3. The number of hydrogen-bond donors (Lipinski definition) is 3. The van der Waals surface area contributed by atoms with Crippen molar-refractivity contribution in [3.8, 4) is 0 Å². The van der Waals surface area contributed by atoms with E-state index in [1.54, 1.807) is 0 Å². The number of rotatable bonds is 3. The normalized spacial score (nSPS) is 11.8. The Bertz CT molecular complexity index is 190. The first-order chi connectivity index (χ1) is 4.95. The molecule has 0 saturated heterocycles. The van der Waals surface area contributed by atoms with Gasteiger partial charge in [0.25, 0.3) is 0 Å². The van der Waals surface area contributed by atoms with Gasteiger partial charge in [-0.3, -0.25) is 9.59 Å². The van der Waals surface area contributed by atoms with Crippen molar-refractivity contribution in [3.05, 3.63) is 0 Å². The fraction of sp³-hybridized carbons (Fsp3) is 0.400. The van der Waals surface area contributed by atoms with Crippen molar-refractivity contribution in [3.63, 3.8) is 0 Å². The van der Waals surface area contributed by atoms with E-state index in [2.05, 4.69) is 18.4 Å². The molecule has 0 spiro atoms. The number of amides is 2. The maximum Gasteiger partial charge on any atom is 0.313 e. The molecule has 1 atom stereocenters. The summed E-state index contributed by atoms with van der Waals surface area (Å²) in [5.74, 6) is -0.496. The topological polar surface area (TPSA) is 89.3 Å². The molecule has 0 aromatic rings. The number of nitrogens with two attached hydrogens (primary N) is 1. The Hall–Kier alpha value is -1.04. The molecule has 1 unspecified atom stereocenters. The Labute approximate surface area is 68.7 Å². The molecule has 0 rings (SSSR count). The summed E-state index contributed by atoms with van der Waals surface area (Å²) in [7, 11) is 0. The predicted molar refractivity (Wildman–Crippen MR) is 41.2 cm³/mol. The second-order valence-electron chi connectivity index (χ2n) is 1.89. The van der Waals surface area contributed by atoms with Crippen molar-refractivity contribution in [1.82, 2.24) is 5.32 Å². The van der Waals surface area contributed by atoms with E-state index in [0.29, 0.717) is 0 Å². The Morgan fingerprint density at radius 2 is 1.91 bits per heavy atom. The van der Waals surface area contributed by atoms with Gasteiger partial charge in [-0.05, 0) is 6.92 Å². The zero-order valence-electron chi connectivity index (χ0n) is 5.83. The van der Waals surface area contributed by atoms with Crippen LogP contribution in [-0.4, -0.2) is 23.0 Å². The van der Waals surface area contributed by atoms with E-state index in [4.69, 9.17) is 0 Å². The van der Waals surface area contributed by atoms with Crippen molar-refractivity contribution < 1.29 is 14.4 Å². The van der Waals surface area contributed by atoms with Gasteiger partial charge in [-0.25, -0.2) is 4.79 Å². The van der Waals surface area contributed by atoms with Gasteiger partial charge in [0.1, 0.15) is 0 Å². The molecule has 5 nitrogen and oxygen atoms in total. The first-order valence-corrected chi connectivity index (χ1v) is 3.19. The van der Waals surface area contributed by atoms with E-state index in [0.717, 1.165) is 6.92 Å². The van der Waals surface area contributed by atoms with Crippen molar-refractivity contribution in [2.24, 2.45) is 5.73 Å². The van der Waals surface area contributed by atoms with E-state index in [9.17, 15) is 14.4 Å². The quantitative estimate of drug-likeness (QED) is 0.383. The minimum Gasteiger partial charge on any atom is -0.352 e. The summed E-state index contributed by atoms with van der Waals surface area (Å²) in [4.78, 5) is 31.3. The smallest absolute Gasteiger partial charge is 0.313 e. The van der Waals surface area contributed by atoms with Gasteiger partial charge in [-0.2, -0.15) is 0 Å². The van der Waals surface area contributed by atoms with Crippen LogP contribution in [0.1, 0.15) is 6.92 Å². The third-order valence-corrected chi connectivity index (χ3v) is 1.20. The fourth-order valence-corrected chi connectivity index (χ4v) is 0.726. The number of ketones is 1. The van der Waals surface area contributed by atoms with Crippen LogP contribution in [0.15, 0.2) is 0 Å². The summed E-state index contributed by atoms with van der Waals surface area (Å²) in [5, 5.41) is 1.22. The molecule has 3 N–H and O–H groups in total. The molecule has 0 bridgehead atoms. The molecule has 0 aromatic carbocycles. The molecule has 62 valence electrons. The number of nitrogens with one attached hydrogen (secondary N) is 1. The van der Waals surface area contributed by atoms with Gasteiger partial charge in [-0.15, -0.1) is 12.6 Å². The Morgan fingerprint density at radius 1 is 1.45 bits per heavy atom. The van der Waals surface area contributed by atoms with Gasteiger partial charge in [0, 0.05) is 0 Å². The number of urea groups is 1. The van der Waals surface area contributed by atoms with Crippen LogP contribution < -0.4 is 11.1 Å². The second kappa shape index (κ2) is 3.97. The zero-order valence-corrected chi connectivity index (χ0v) is 6.72. The second-order valence-corrected chi connectivity index (χ2v) is 2.33. The van der Waals surface area contributed by atoms with Crippen LogP contribution in [0, 0.1) is 0 Å². The predicted octanol–water partition coefficient (Wildman–Crippen LogP) is -0.931. The average Bonchev–Trinajstić information content (AvgIpc) is 1.81. The lowest BCUT2D eigenvalue weighted by Gasteiger charge is -2.08. The minimum absolute atomic E-state index is 0.496. The van der Waals surface area contributed by atoms with Gasteiger partial charge >= 0.3 is 6.03 Å². The molecule has 0 aliphatic rings. The highest BCUT2D eigenvalue weighted by atomic mass is 32.1. The number of carbonyl (C=O) groups is 3. The molecular weight excluding hydrogens is 168 g/mol. The molecule has 0 aliphatic carbocycles. The highest BCUT2D eigenvalue weighted by Crippen LogP contribution is 1.91.